The normalized spacial score (nSPS) is 10.6. The number of pyridine rings is 1. The standard InChI is InChI=1S/C23H25NO2/c1-5-6-19-15-24-16(2)22(17-7-11-20(25-3)12-8-17)23(19)18-9-13-21(26-4)14-10-18/h7-15H,5-6H2,1-4H3. The van der Waals surface area contributed by atoms with Crippen LogP contribution >= 0.6 is 0 Å². The molecule has 1 aromatic heterocycles. The molecule has 0 saturated heterocycles. The predicted molar refractivity (Wildman–Crippen MR) is 107 cm³/mol. The third-order valence-corrected chi connectivity index (χ3v) is 4.62. The van der Waals surface area contributed by atoms with E-state index in [-0.39, 0.29) is 0 Å². The largest absolute Gasteiger partial charge is 0.497 e. The van der Waals surface area contributed by atoms with E-state index in [4.69, 9.17) is 9.47 Å². The lowest BCUT2D eigenvalue weighted by Gasteiger charge is -2.18. The molecule has 0 unspecified atom stereocenters. The van der Waals surface area contributed by atoms with Gasteiger partial charge in [0.15, 0.2) is 0 Å². The van der Waals surface area contributed by atoms with Crippen LogP contribution in [0.1, 0.15) is 24.6 Å². The summed E-state index contributed by atoms with van der Waals surface area (Å²) in [4.78, 5) is 4.68. The van der Waals surface area contributed by atoms with Gasteiger partial charge < -0.3 is 9.47 Å². The summed E-state index contributed by atoms with van der Waals surface area (Å²) in [6.07, 6.45) is 4.10. The van der Waals surface area contributed by atoms with Gasteiger partial charge in [-0.15, -0.1) is 0 Å². The van der Waals surface area contributed by atoms with E-state index in [0.717, 1.165) is 35.6 Å². The number of aryl methyl sites for hydroxylation is 2. The first-order valence-electron chi connectivity index (χ1n) is 8.95. The highest BCUT2D eigenvalue weighted by Crippen LogP contribution is 2.38. The molecule has 0 fully saturated rings. The second kappa shape index (κ2) is 8.05. The maximum Gasteiger partial charge on any atom is 0.118 e. The van der Waals surface area contributed by atoms with Gasteiger partial charge in [0.05, 0.1) is 14.2 Å². The summed E-state index contributed by atoms with van der Waals surface area (Å²) >= 11 is 0. The first kappa shape index (κ1) is 18.0. The molecule has 3 nitrogen and oxygen atoms in total. The Morgan fingerprint density at radius 1 is 0.769 bits per heavy atom. The number of hydrogen-bond acceptors (Lipinski definition) is 3. The molecule has 0 aliphatic rings. The molecular weight excluding hydrogens is 322 g/mol. The molecule has 0 atom stereocenters. The van der Waals surface area contributed by atoms with Crippen LogP contribution in [0.3, 0.4) is 0 Å². The molecule has 1 heterocycles. The van der Waals surface area contributed by atoms with Gasteiger partial charge in [0.2, 0.25) is 0 Å². The zero-order valence-corrected chi connectivity index (χ0v) is 15.9. The monoisotopic (exact) mass is 347 g/mol. The third-order valence-electron chi connectivity index (χ3n) is 4.62. The van der Waals surface area contributed by atoms with Gasteiger partial charge in [-0.1, -0.05) is 37.6 Å². The van der Waals surface area contributed by atoms with E-state index < -0.39 is 0 Å². The predicted octanol–water partition coefficient (Wildman–Crippen LogP) is 5.69. The Morgan fingerprint density at radius 3 is 1.73 bits per heavy atom. The number of rotatable bonds is 6. The third kappa shape index (κ3) is 3.57. The minimum absolute atomic E-state index is 0.857. The summed E-state index contributed by atoms with van der Waals surface area (Å²) in [7, 11) is 3.38. The lowest BCUT2D eigenvalue weighted by Crippen LogP contribution is -1.99. The van der Waals surface area contributed by atoms with Crippen molar-refractivity contribution in [3.63, 3.8) is 0 Å². The minimum Gasteiger partial charge on any atom is -0.497 e. The van der Waals surface area contributed by atoms with Crippen molar-refractivity contribution in [2.45, 2.75) is 26.7 Å². The van der Waals surface area contributed by atoms with Gasteiger partial charge in [-0.2, -0.15) is 0 Å². The van der Waals surface area contributed by atoms with Crippen LogP contribution in [0.15, 0.2) is 54.7 Å². The highest BCUT2D eigenvalue weighted by atomic mass is 16.5. The fourth-order valence-electron chi connectivity index (χ4n) is 3.30. The minimum atomic E-state index is 0.857. The first-order valence-corrected chi connectivity index (χ1v) is 8.95. The Kier molecular flexibility index (Phi) is 5.57. The Hall–Kier alpha value is -2.81. The van der Waals surface area contributed by atoms with Crippen LogP contribution in [-0.2, 0) is 6.42 Å². The molecule has 0 saturated carbocycles. The van der Waals surface area contributed by atoms with Crippen LogP contribution in [0.25, 0.3) is 22.3 Å². The lowest BCUT2D eigenvalue weighted by molar-refractivity contribution is 0.414. The average molecular weight is 347 g/mol. The summed E-state index contributed by atoms with van der Waals surface area (Å²) < 4.78 is 10.6. The summed E-state index contributed by atoms with van der Waals surface area (Å²) in [5.41, 5.74) is 7.08. The highest BCUT2D eigenvalue weighted by molar-refractivity contribution is 5.87. The first-order chi connectivity index (χ1) is 12.7. The summed E-state index contributed by atoms with van der Waals surface area (Å²) in [6, 6.07) is 16.5. The highest BCUT2D eigenvalue weighted by Gasteiger charge is 2.16. The Balaban J connectivity index is 2.22. The SMILES string of the molecule is CCCc1cnc(C)c(-c2ccc(OC)cc2)c1-c1ccc(OC)cc1. The Bertz CT molecular complexity index is 868. The smallest absolute Gasteiger partial charge is 0.118 e. The number of ether oxygens (including phenoxy) is 2. The maximum atomic E-state index is 5.32. The average Bonchev–Trinajstić information content (AvgIpc) is 2.69. The van der Waals surface area contributed by atoms with Crippen LogP contribution in [0.2, 0.25) is 0 Å². The molecule has 0 spiro atoms. The molecule has 0 bridgehead atoms. The van der Waals surface area contributed by atoms with Crippen LogP contribution < -0.4 is 9.47 Å². The quantitative estimate of drug-likeness (QED) is 0.574. The Labute approximate surface area is 155 Å². The molecule has 0 aliphatic heterocycles. The van der Waals surface area contributed by atoms with Crippen LogP contribution in [0, 0.1) is 6.92 Å². The lowest BCUT2D eigenvalue weighted by atomic mass is 9.89. The van der Waals surface area contributed by atoms with Gasteiger partial charge in [0.1, 0.15) is 11.5 Å². The topological polar surface area (TPSA) is 31.4 Å². The molecule has 3 heteroatoms. The molecule has 0 radical (unpaired) electrons. The van der Waals surface area contributed by atoms with Crippen molar-refractivity contribution in [2.24, 2.45) is 0 Å². The van der Waals surface area contributed by atoms with Crippen molar-refractivity contribution in [3.8, 4) is 33.8 Å². The van der Waals surface area contributed by atoms with E-state index in [0.29, 0.717) is 0 Å². The molecule has 26 heavy (non-hydrogen) atoms. The van der Waals surface area contributed by atoms with E-state index >= 15 is 0 Å². The number of hydrogen-bond donors (Lipinski definition) is 0. The van der Waals surface area contributed by atoms with Gasteiger partial charge in [-0.05, 0) is 59.9 Å². The van der Waals surface area contributed by atoms with Crippen LogP contribution in [0.4, 0.5) is 0 Å². The van der Waals surface area contributed by atoms with Gasteiger partial charge in [-0.25, -0.2) is 0 Å². The summed E-state index contributed by atoms with van der Waals surface area (Å²) in [6.45, 7) is 4.27. The van der Waals surface area contributed by atoms with Gasteiger partial charge in [-0.3, -0.25) is 4.98 Å². The molecule has 2 aromatic carbocycles. The zero-order chi connectivity index (χ0) is 18.5. The Morgan fingerprint density at radius 2 is 1.27 bits per heavy atom. The van der Waals surface area contributed by atoms with Gasteiger partial charge >= 0.3 is 0 Å². The van der Waals surface area contributed by atoms with E-state index in [1.165, 1.54) is 22.3 Å². The van der Waals surface area contributed by atoms with Gasteiger partial charge in [0, 0.05) is 17.5 Å². The van der Waals surface area contributed by atoms with Gasteiger partial charge in [0.25, 0.3) is 0 Å². The molecule has 0 N–H and O–H groups in total. The summed E-state index contributed by atoms with van der Waals surface area (Å²) in [5, 5.41) is 0. The molecule has 134 valence electrons. The second-order valence-corrected chi connectivity index (χ2v) is 6.33. The van der Waals surface area contributed by atoms with Crippen molar-refractivity contribution >= 4 is 0 Å². The number of aromatic nitrogens is 1. The number of nitrogens with zero attached hydrogens (tertiary/aromatic N) is 1. The molecule has 0 aliphatic carbocycles. The molecule has 3 aromatic rings. The van der Waals surface area contributed by atoms with Crippen molar-refractivity contribution < 1.29 is 9.47 Å². The number of methoxy groups -OCH3 is 2. The second-order valence-electron chi connectivity index (χ2n) is 6.33. The maximum absolute atomic E-state index is 5.32. The van der Waals surface area contributed by atoms with Crippen LogP contribution in [-0.4, -0.2) is 19.2 Å². The number of benzene rings is 2. The zero-order valence-electron chi connectivity index (χ0n) is 15.9. The fourth-order valence-corrected chi connectivity index (χ4v) is 3.30. The summed E-state index contributed by atoms with van der Waals surface area (Å²) in [5.74, 6) is 1.72. The van der Waals surface area contributed by atoms with Crippen molar-refractivity contribution in [1.29, 1.82) is 0 Å². The molecule has 0 amide bonds. The molecule has 3 rings (SSSR count). The van der Waals surface area contributed by atoms with E-state index in [2.05, 4.69) is 43.1 Å². The van der Waals surface area contributed by atoms with Crippen molar-refractivity contribution in [3.05, 3.63) is 66.0 Å². The fraction of sp³-hybridized carbons (Fsp3) is 0.261. The van der Waals surface area contributed by atoms with Crippen molar-refractivity contribution in [2.75, 3.05) is 14.2 Å². The van der Waals surface area contributed by atoms with E-state index in [9.17, 15) is 0 Å². The van der Waals surface area contributed by atoms with E-state index in [1.807, 2.05) is 30.5 Å². The van der Waals surface area contributed by atoms with Crippen LogP contribution in [0.5, 0.6) is 11.5 Å². The van der Waals surface area contributed by atoms with E-state index in [1.54, 1.807) is 14.2 Å². The molecular formula is C23H25NO2. The van der Waals surface area contributed by atoms with Crippen molar-refractivity contribution in [1.82, 2.24) is 4.98 Å².